The fourth-order valence-corrected chi connectivity index (χ4v) is 5.69. The van der Waals surface area contributed by atoms with Gasteiger partial charge in [-0.3, -0.25) is 24.5 Å². The molecule has 0 N–H and O–H groups in total. The summed E-state index contributed by atoms with van der Waals surface area (Å²) in [6.45, 7) is 1.96. The Balaban J connectivity index is 1.39. The van der Waals surface area contributed by atoms with Crippen LogP contribution >= 0.6 is 23.1 Å². The molecule has 4 aromatic rings. The first-order valence-electron chi connectivity index (χ1n) is 10.1. The summed E-state index contributed by atoms with van der Waals surface area (Å²) in [5, 5.41) is 11.3. The Bertz CT molecular complexity index is 1510. The van der Waals surface area contributed by atoms with Gasteiger partial charge in [-0.25, -0.2) is 9.88 Å². The highest BCUT2D eigenvalue weighted by Crippen LogP contribution is 2.37. The van der Waals surface area contributed by atoms with E-state index in [0.29, 0.717) is 21.1 Å². The lowest BCUT2D eigenvalue weighted by atomic mass is 10.1. The molecule has 1 aromatic heterocycles. The summed E-state index contributed by atoms with van der Waals surface area (Å²) in [7, 11) is 0. The fourth-order valence-electron chi connectivity index (χ4n) is 3.70. The van der Waals surface area contributed by atoms with Gasteiger partial charge in [-0.2, -0.15) is 0 Å². The van der Waals surface area contributed by atoms with Crippen LogP contribution in [0.25, 0.3) is 10.2 Å². The van der Waals surface area contributed by atoms with Gasteiger partial charge in [0.15, 0.2) is 10.1 Å². The maximum absolute atomic E-state index is 13.0. The lowest BCUT2D eigenvalue weighted by Gasteiger charge is -2.13. The van der Waals surface area contributed by atoms with Crippen molar-refractivity contribution in [3.8, 4) is 0 Å². The standard InChI is InChI=1S/C24H15N3O5S2/c1-13-5-7-14(8-6-13)19(28)12-33-24-25-17-10-9-15(11-20(17)34-24)26-22(29)16-3-2-4-18(27(31)32)21(16)23(26)30/h2-11H,12H2,1H3. The van der Waals surface area contributed by atoms with Crippen LogP contribution in [0.3, 0.4) is 0 Å². The molecule has 3 aromatic carbocycles. The molecule has 0 aliphatic carbocycles. The zero-order valence-corrected chi connectivity index (χ0v) is 19.3. The normalized spacial score (nSPS) is 12.9. The molecule has 0 saturated carbocycles. The van der Waals surface area contributed by atoms with Crippen LogP contribution in [0.5, 0.6) is 0 Å². The molecule has 5 rings (SSSR count). The average Bonchev–Trinajstić information content (AvgIpc) is 3.35. The molecule has 0 fully saturated rings. The minimum Gasteiger partial charge on any atom is -0.293 e. The third-order valence-corrected chi connectivity index (χ3v) is 7.56. The number of hydrogen-bond donors (Lipinski definition) is 0. The number of carbonyl (C=O) groups excluding carboxylic acids is 3. The lowest BCUT2D eigenvalue weighted by molar-refractivity contribution is -0.385. The summed E-state index contributed by atoms with van der Waals surface area (Å²) in [4.78, 5) is 54.4. The number of rotatable bonds is 6. The summed E-state index contributed by atoms with van der Waals surface area (Å²) in [5.41, 5.74) is 2.11. The van der Waals surface area contributed by atoms with Crippen LogP contribution < -0.4 is 4.90 Å². The van der Waals surface area contributed by atoms with Gasteiger partial charge in [-0.05, 0) is 31.2 Å². The van der Waals surface area contributed by atoms with E-state index in [1.165, 1.54) is 41.3 Å². The van der Waals surface area contributed by atoms with E-state index in [2.05, 4.69) is 4.98 Å². The Labute approximate surface area is 201 Å². The van der Waals surface area contributed by atoms with E-state index in [4.69, 9.17) is 0 Å². The van der Waals surface area contributed by atoms with Crippen LogP contribution in [-0.4, -0.2) is 33.3 Å². The molecule has 2 heterocycles. The van der Waals surface area contributed by atoms with Crippen molar-refractivity contribution in [1.29, 1.82) is 0 Å². The molecule has 168 valence electrons. The second-order valence-corrected chi connectivity index (χ2v) is 9.87. The molecule has 0 unspecified atom stereocenters. The van der Waals surface area contributed by atoms with Crippen molar-refractivity contribution >= 4 is 62.3 Å². The molecule has 0 bridgehead atoms. The number of Topliss-reactive ketones (excluding diaryl/α,β-unsaturated/α-hetero) is 1. The minimum atomic E-state index is -0.727. The molecule has 0 saturated heterocycles. The number of anilines is 1. The predicted octanol–water partition coefficient (Wildman–Crippen LogP) is 5.29. The first kappa shape index (κ1) is 21.9. The van der Waals surface area contributed by atoms with Crippen LogP contribution in [-0.2, 0) is 0 Å². The van der Waals surface area contributed by atoms with Crippen LogP contribution in [0, 0.1) is 17.0 Å². The minimum absolute atomic E-state index is 0.00226. The molecular weight excluding hydrogens is 474 g/mol. The number of nitro benzene ring substituents is 1. The van der Waals surface area contributed by atoms with Gasteiger partial charge >= 0.3 is 0 Å². The van der Waals surface area contributed by atoms with Crippen LogP contribution in [0.4, 0.5) is 11.4 Å². The second-order valence-electron chi connectivity index (χ2n) is 7.61. The van der Waals surface area contributed by atoms with Crippen molar-refractivity contribution in [1.82, 2.24) is 4.98 Å². The van der Waals surface area contributed by atoms with Crippen molar-refractivity contribution in [3.05, 3.63) is 93.0 Å². The fraction of sp³-hybridized carbons (Fsp3) is 0.0833. The molecule has 10 heteroatoms. The van der Waals surface area contributed by atoms with Gasteiger partial charge in [-0.15, -0.1) is 11.3 Å². The number of ketones is 1. The SMILES string of the molecule is Cc1ccc(C(=O)CSc2nc3ccc(N4C(=O)c5cccc([N+](=O)[O-])c5C4=O)cc3s2)cc1. The van der Waals surface area contributed by atoms with Crippen LogP contribution in [0.15, 0.2) is 65.0 Å². The Morgan fingerprint density at radius 3 is 2.59 bits per heavy atom. The summed E-state index contributed by atoms with van der Waals surface area (Å²) >= 11 is 2.67. The van der Waals surface area contributed by atoms with Gasteiger partial charge in [-0.1, -0.05) is 47.7 Å². The van der Waals surface area contributed by atoms with Gasteiger partial charge < -0.3 is 0 Å². The van der Waals surface area contributed by atoms with E-state index >= 15 is 0 Å². The zero-order valence-electron chi connectivity index (χ0n) is 17.7. The van der Waals surface area contributed by atoms with Gasteiger partial charge in [0.25, 0.3) is 17.5 Å². The summed E-state index contributed by atoms with van der Waals surface area (Å²) in [6.07, 6.45) is 0. The lowest BCUT2D eigenvalue weighted by Crippen LogP contribution is -2.29. The summed E-state index contributed by atoms with van der Waals surface area (Å²) in [6, 6.07) is 16.3. The molecule has 1 aliphatic rings. The van der Waals surface area contributed by atoms with Crippen molar-refractivity contribution in [3.63, 3.8) is 0 Å². The van der Waals surface area contributed by atoms with Gasteiger partial charge in [0.05, 0.1) is 32.1 Å². The number of hydrogen-bond acceptors (Lipinski definition) is 8. The van der Waals surface area contributed by atoms with Crippen molar-refractivity contribution < 1.29 is 19.3 Å². The number of benzene rings is 3. The first-order chi connectivity index (χ1) is 16.3. The van der Waals surface area contributed by atoms with Crippen molar-refractivity contribution in [2.45, 2.75) is 11.3 Å². The first-order valence-corrected chi connectivity index (χ1v) is 11.9. The van der Waals surface area contributed by atoms with Gasteiger partial charge in [0, 0.05) is 11.6 Å². The molecule has 0 radical (unpaired) electrons. The van der Waals surface area contributed by atoms with Gasteiger partial charge in [0.2, 0.25) is 0 Å². The Morgan fingerprint density at radius 2 is 1.85 bits per heavy atom. The Hall–Kier alpha value is -3.89. The van der Waals surface area contributed by atoms with Crippen molar-refractivity contribution in [2.24, 2.45) is 0 Å². The van der Waals surface area contributed by atoms with Crippen molar-refractivity contribution in [2.75, 3.05) is 10.7 Å². The molecule has 0 spiro atoms. The van der Waals surface area contributed by atoms with E-state index in [9.17, 15) is 24.5 Å². The summed E-state index contributed by atoms with van der Waals surface area (Å²) in [5.74, 6) is -1.10. The zero-order chi connectivity index (χ0) is 24.0. The summed E-state index contributed by atoms with van der Waals surface area (Å²) < 4.78 is 1.42. The topological polar surface area (TPSA) is 110 Å². The largest absolute Gasteiger partial charge is 0.293 e. The highest BCUT2D eigenvalue weighted by Gasteiger charge is 2.41. The number of fused-ring (bicyclic) bond motifs is 2. The van der Waals surface area contributed by atoms with E-state index in [0.717, 1.165) is 15.2 Å². The quantitative estimate of drug-likeness (QED) is 0.119. The number of nitro groups is 1. The highest BCUT2D eigenvalue weighted by molar-refractivity contribution is 8.01. The number of thiazole rings is 1. The molecule has 2 amide bonds. The second kappa shape index (κ2) is 8.47. The molecule has 34 heavy (non-hydrogen) atoms. The van der Waals surface area contributed by atoms with E-state index < -0.39 is 22.4 Å². The van der Waals surface area contributed by atoms with Crippen LogP contribution in [0.1, 0.15) is 36.6 Å². The number of nitrogens with zero attached hydrogens (tertiary/aromatic N) is 3. The van der Waals surface area contributed by atoms with E-state index in [-0.39, 0.29) is 22.7 Å². The number of aryl methyl sites for hydroxylation is 1. The smallest absolute Gasteiger partial charge is 0.283 e. The van der Waals surface area contributed by atoms with E-state index in [1.54, 1.807) is 30.3 Å². The molecule has 1 aliphatic heterocycles. The Morgan fingerprint density at radius 1 is 1.09 bits per heavy atom. The monoisotopic (exact) mass is 489 g/mol. The maximum atomic E-state index is 13.0. The number of aromatic nitrogens is 1. The number of amides is 2. The van der Waals surface area contributed by atoms with Crippen LogP contribution in [0.2, 0.25) is 0 Å². The molecular formula is C24H15N3O5S2. The number of carbonyl (C=O) groups is 3. The van der Waals surface area contributed by atoms with E-state index in [1.807, 2.05) is 19.1 Å². The molecule has 0 atom stereocenters. The maximum Gasteiger partial charge on any atom is 0.283 e. The third kappa shape index (κ3) is 3.76. The third-order valence-electron chi connectivity index (χ3n) is 5.40. The average molecular weight is 490 g/mol. The predicted molar refractivity (Wildman–Crippen MR) is 130 cm³/mol. The number of thioether (sulfide) groups is 1. The van der Waals surface area contributed by atoms with Gasteiger partial charge in [0.1, 0.15) is 5.56 Å². The highest BCUT2D eigenvalue weighted by atomic mass is 32.2. The Kier molecular flexibility index (Phi) is 5.46. The number of imide groups is 1. The molecule has 8 nitrogen and oxygen atoms in total.